The molecule has 0 amide bonds. The topological polar surface area (TPSA) is 26.0 Å². The molecule has 0 saturated carbocycles. The van der Waals surface area contributed by atoms with E-state index >= 15 is 0 Å². The highest BCUT2D eigenvalue weighted by molar-refractivity contribution is 4.43. The zero-order valence-corrected chi connectivity index (χ0v) is 4.68. The second-order valence-electron chi connectivity index (χ2n) is 1.39. The first-order valence-electron chi connectivity index (χ1n) is 2.03. The van der Waals surface area contributed by atoms with Crippen molar-refractivity contribution in [3.63, 3.8) is 0 Å². The maximum Gasteiger partial charge on any atom is 0.000781 e. The first kappa shape index (κ1) is 15.8. The largest absolute Gasteiger partial charge is 0.328 e. The Kier molecular flexibility index (Phi) is 21.0. The predicted octanol–water partition coefficient (Wildman–Crippen LogP) is 1.05. The third-order valence-corrected chi connectivity index (χ3v) is 0.644. The van der Waals surface area contributed by atoms with E-state index in [4.69, 9.17) is 5.73 Å². The number of halogens is 2. The van der Waals surface area contributed by atoms with Gasteiger partial charge in [-0.1, -0.05) is 6.92 Å². The van der Waals surface area contributed by atoms with Crippen LogP contribution in [0.3, 0.4) is 0 Å². The lowest BCUT2D eigenvalue weighted by Crippen LogP contribution is -2.11. The van der Waals surface area contributed by atoms with Gasteiger partial charge in [0.2, 0.25) is 0 Å². The zero-order chi connectivity index (χ0) is 4.28. The van der Waals surface area contributed by atoms with E-state index < -0.39 is 0 Å². The van der Waals surface area contributed by atoms with E-state index in [-0.39, 0.29) is 9.41 Å². The van der Waals surface area contributed by atoms with Crippen LogP contribution < -0.4 is 5.73 Å². The Balaban J connectivity index is -0.0000000800. The fourth-order valence-electron chi connectivity index (χ4n) is 0. The van der Waals surface area contributed by atoms with Crippen molar-refractivity contribution >= 4 is 0 Å². The molecule has 1 nitrogen and oxygen atoms in total. The Hall–Kier alpha value is -0.180. The number of nitrogens with two attached hydrogens (primary N) is 1. The maximum absolute atomic E-state index is 5.29. The summed E-state index contributed by atoms with van der Waals surface area (Å²) >= 11 is 0. The summed E-state index contributed by atoms with van der Waals surface area (Å²) in [6.07, 6.45) is 1.08. The van der Waals surface area contributed by atoms with Crippen LogP contribution in [-0.2, 0) is 0 Å². The van der Waals surface area contributed by atoms with Crippen LogP contribution in [0.4, 0.5) is 9.41 Å². The summed E-state index contributed by atoms with van der Waals surface area (Å²) in [7, 11) is 0. The molecule has 1 atom stereocenters. The quantitative estimate of drug-likeness (QED) is 0.540. The van der Waals surface area contributed by atoms with E-state index in [2.05, 4.69) is 6.92 Å². The molecule has 7 heavy (non-hydrogen) atoms. The molecular weight excluding hydrogens is 100 g/mol. The van der Waals surface area contributed by atoms with E-state index in [0.29, 0.717) is 6.04 Å². The molecule has 0 fully saturated rings. The fraction of sp³-hybridized carbons (Fsp3) is 1.00. The zero-order valence-electron chi connectivity index (χ0n) is 4.68. The minimum Gasteiger partial charge on any atom is -0.328 e. The van der Waals surface area contributed by atoms with Gasteiger partial charge in [-0.15, -0.1) is 0 Å². The molecule has 0 aliphatic rings. The monoisotopic (exact) mass is 113 g/mol. The highest BCUT2D eigenvalue weighted by Crippen LogP contribution is 1.77. The summed E-state index contributed by atoms with van der Waals surface area (Å²) in [5.74, 6) is 0. The molecule has 0 aromatic heterocycles. The van der Waals surface area contributed by atoms with Crippen LogP contribution in [0.5, 0.6) is 0 Å². The van der Waals surface area contributed by atoms with Crippen molar-refractivity contribution in [3.05, 3.63) is 0 Å². The molecule has 0 aromatic rings. The van der Waals surface area contributed by atoms with Gasteiger partial charge >= 0.3 is 0 Å². The van der Waals surface area contributed by atoms with Crippen LogP contribution in [0.1, 0.15) is 20.3 Å². The first-order valence-corrected chi connectivity index (χ1v) is 2.03. The number of rotatable bonds is 1. The Bertz CT molecular complexity index is 23.7. The second kappa shape index (κ2) is 9.27. The fourth-order valence-corrected chi connectivity index (χ4v) is 0. The average Bonchev–Trinajstić information content (AvgIpc) is 1.38. The lowest BCUT2D eigenvalue weighted by molar-refractivity contribution is 0.715. The van der Waals surface area contributed by atoms with E-state index in [9.17, 15) is 0 Å². The predicted molar refractivity (Wildman–Crippen MR) is 28.9 cm³/mol. The van der Waals surface area contributed by atoms with Gasteiger partial charge in [0.05, 0.1) is 0 Å². The molecule has 0 radical (unpaired) electrons. The van der Waals surface area contributed by atoms with Crippen molar-refractivity contribution in [2.24, 2.45) is 5.73 Å². The molecule has 0 rings (SSSR count). The smallest absolute Gasteiger partial charge is 0.000781 e. The summed E-state index contributed by atoms with van der Waals surface area (Å²) in [5.41, 5.74) is 5.29. The molecule has 0 aliphatic heterocycles. The highest BCUT2D eigenvalue weighted by atomic mass is 19.0. The van der Waals surface area contributed by atoms with E-state index in [1.54, 1.807) is 0 Å². The van der Waals surface area contributed by atoms with Gasteiger partial charge in [-0.05, 0) is 13.3 Å². The number of hydrogen-bond acceptors (Lipinski definition) is 1. The van der Waals surface area contributed by atoms with Crippen molar-refractivity contribution in [2.45, 2.75) is 26.3 Å². The third kappa shape index (κ3) is 25.6. The lowest BCUT2D eigenvalue weighted by Gasteiger charge is -1.91. The lowest BCUT2D eigenvalue weighted by atomic mass is 10.3. The van der Waals surface area contributed by atoms with E-state index in [1.807, 2.05) is 6.92 Å². The Morgan fingerprint density at radius 1 is 1.43 bits per heavy atom. The van der Waals surface area contributed by atoms with Gasteiger partial charge in [-0.2, -0.15) is 0 Å². The third-order valence-electron chi connectivity index (χ3n) is 0.644. The SMILES string of the molecule is CCC(C)N.F.F. The van der Waals surface area contributed by atoms with Gasteiger partial charge in [-0.25, -0.2) is 0 Å². The van der Waals surface area contributed by atoms with Crippen LogP contribution in [0, 0.1) is 0 Å². The van der Waals surface area contributed by atoms with Gasteiger partial charge in [0, 0.05) is 6.04 Å². The molecule has 2 N–H and O–H groups in total. The van der Waals surface area contributed by atoms with Gasteiger partial charge < -0.3 is 5.73 Å². The maximum atomic E-state index is 5.29. The highest BCUT2D eigenvalue weighted by Gasteiger charge is 1.79. The van der Waals surface area contributed by atoms with Gasteiger partial charge in [0.15, 0.2) is 0 Å². The second-order valence-corrected chi connectivity index (χ2v) is 1.39. The van der Waals surface area contributed by atoms with Crippen LogP contribution >= 0.6 is 0 Å². The Morgan fingerprint density at radius 2 is 1.57 bits per heavy atom. The minimum atomic E-state index is 0. The summed E-state index contributed by atoms with van der Waals surface area (Å²) < 4.78 is 0. The van der Waals surface area contributed by atoms with Crippen LogP contribution in [0.2, 0.25) is 0 Å². The first-order chi connectivity index (χ1) is 2.27. The van der Waals surface area contributed by atoms with Crippen molar-refractivity contribution in [1.82, 2.24) is 0 Å². The summed E-state index contributed by atoms with van der Waals surface area (Å²) in [4.78, 5) is 0. The van der Waals surface area contributed by atoms with Gasteiger partial charge in [0.25, 0.3) is 0 Å². The molecule has 0 bridgehead atoms. The minimum absolute atomic E-state index is 0. The van der Waals surface area contributed by atoms with Crippen molar-refractivity contribution in [3.8, 4) is 0 Å². The molecule has 1 unspecified atom stereocenters. The van der Waals surface area contributed by atoms with Crippen LogP contribution in [0.15, 0.2) is 0 Å². The molecule has 3 heteroatoms. The van der Waals surface area contributed by atoms with Crippen molar-refractivity contribution < 1.29 is 9.41 Å². The molecule has 0 aliphatic carbocycles. The van der Waals surface area contributed by atoms with E-state index in [0.717, 1.165) is 6.42 Å². The van der Waals surface area contributed by atoms with E-state index in [1.165, 1.54) is 0 Å². The Labute approximate surface area is 42.6 Å². The van der Waals surface area contributed by atoms with Crippen LogP contribution in [-0.4, -0.2) is 6.04 Å². The van der Waals surface area contributed by atoms with Gasteiger partial charge in [0.1, 0.15) is 0 Å². The Morgan fingerprint density at radius 3 is 1.57 bits per heavy atom. The molecule has 0 saturated heterocycles. The average molecular weight is 113 g/mol. The molecule has 48 valence electrons. The molecule has 0 heterocycles. The van der Waals surface area contributed by atoms with Crippen molar-refractivity contribution in [2.75, 3.05) is 0 Å². The molecule has 0 spiro atoms. The molecule has 0 aromatic carbocycles. The summed E-state index contributed by atoms with van der Waals surface area (Å²) in [6.45, 7) is 4.07. The van der Waals surface area contributed by atoms with Gasteiger partial charge in [-0.3, -0.25) is 9.41 Å². The summed E-state index contributed by atoms with van der Waals surface area (Å²) in [6, 6.07) is 0.384. The van der Waals surface area contributed by atoms with Crippen LogP contribution in [0.25, 0.3) is 0 Å². The molecular formula is C4H13F2N. The van der Waals surface area contributed by atoms with Crippen molar-refractivity contribution in [1.29, 1.82) is 0 Å². The standard InChI is InChI=1S/C4H11N.2FH/c1-3-4(2)5;;/h4H,3,5H2,1-2H3;2*1H. The normalized spacial score (nSPS) is 10.7. The summed E-state index contributed by atoms with van der Waals surface area (Å²) in [5, 5.41) is 0. The number of hydrogen-bond donors (Lipinski definition) is 1.